The summed E-state index contributed by atoms with van der Waals surface area (Å²) in [5.74, 6) is 6.37. The predicted octanol–water partition coefficient (Wildman–Crippen LogP) is -0.722. The van der Waals surface area contributed by atoms with Crippen LogP contribution in [0.25, 0.3) is 5.95 Å². The highest BCUT2D eigenvalue weighted by Gasteiger charge is 2.27. The molecule has 9 nitrogen and oxygen atoms in total. The number of nitrogens with one attached hydrogen (secondary N) is 2. The lowest BCUT2D eigenvalue weighted by Crippen LogP contribution is -2.39. The highest BCUT2D eigenvalue weighted by molar-refractivity contribution is 5.38. The van der Waals surface area contributed by atoms with E-state index in [0.29, 0.717) is 24.7 Å². The minimum absolute atomic E-state index is 0.175. The van der Waals surface area contributed by atoms with E-state index >= 15 is 0 Å². The van der Waals surface area contributed by atoms with Crippen LogP contribution in [0.15, 0.2) is 18.5 Å². The quantitative estimate of drug-likeness (QED) is 0.420. The molecule has 2 aromatic heterocycles. The van der Waals surface area contributed by atoms with Gasteiger partial charge in [0.15, 0.2) is 0 Å². The van der Waals surface area contributed by atoms with Crippen LogP contribution in [0.3, 0.4) is 0 Å². The third-order valence-electron chi connectivity index (χ3n) is 2.91. The zero-order valence-electron chi connectivity index (χ0n) is 10.1. The van der Waals surface area contributed by atoms with Crippen molar-refractivity contribution in [3.05, 3.63) is 18.5 Å². The van der Waals surface area contributed by atoms with Crippen LogP contribution in [0.5, 0.6) is 0 Å². The first-order valence-corrected chi connectivity index (χ1v) is 5.92. The Balaban J connectivity index is 1.85. The van der Waals surface area contributed by atoms with Gasteiger partial charge in [0, 0.05) is 18.4 Å². The van der Waals surface area contributed by atoms with Crippen molar-refractivity contribution in [1.29, 1.82) is 0 Å². The second-order valence-corrected chi connectivity index (χ2v) is 4.34. The summed E-state index contributed by atoms with van der Waals surface area (Å²) in [6.07, 6.45) is 4.50. The van der Waals surface area contributed by atoms with Gasteiger partial charge in [-0.25, -0.2) is 10.5 Å². The van der Waals surface area contributed by atoms with Crippen molar-refractivity contribution in [3.8, 4) is 5.95 Å². The van der Waals surface area contributed by atoms with Crippen LogP contribution in [-0.4, -0.2) is 42.0 Å². The van der Waals surface area contributed by atoms with Crippen LogP contribution >= 0.6 is 0 Å². The number of anilines is 2. The van der Waals surface area contributed by atoms with Gasteiger partial charge in [0.05, 0.1) is 6.10 Å². The minimum atomic E-state index is -0.239. The predicted molar refractivity (Wildman–Crippen MR) is 67.4 cm³/mol. The Bertz CT molecular complexity index is 551. The molecule has 0 unspecified atom stereocenters. The molecular formula is C10H14N8O. The van der Waals surface area contributed by atoms with E-state index in [2.05, 4.69) is 30.8 Å². The molecule has 19 heavy (non-hydrogen) atoms. The molecule has 2 heterocycles. The van der Waals surface area contributed by atoms with Crippen LogP contribution in [-0.2, 0) is 0 Å². The number of nitrogens with zero attached hydrogens (tertiary/aromatic N) is 5. The molecule has 0 atom stereocenters. The van der Waals surface area contributed by atoms with Gasteiger partial charge in [-0.2, -0.15) is 20.1 Å². The normalized spacial score (nSPS) is 21.8. The minimum Gasteiger partial charge on any atom is -0.393 e. The average Bonchev–Trinajstić information content (AvgIpc) is 2.90. The van der Waals surface area contributed by atoms with Gasteiger partial charge < -0.3 is 10.4 Å². The summed E-state index contributed by atoms with van der Waals surface area (Å²) in [4.78, 5) is 12.5. The van der Waals surface area contributed by atoms with E-state index in [-0.39, 0.29) is 18.1 Å². The van der Waals surface area contributed by atoms with E-state index in [1.165, 1.54) is 4.68 Å². The maximum atomic E-state index is 9.26. The molecule has 1 fully saturated rings. The molecule has 3 rings (SSSR count). The van der Waals surface area contributed by atoms with Crippen molar-refractivity contribution in [2.75, 3.05) is 10.7 Å². The van der Waals surface area contributed by atoms with Crippen LogP contribution in [0, 0.1) is 0 Å². The van der Waals surface area contributed by atoms with E-state index in [9.17, 15) is 5.11 Å². The van der Waals surface area contributed by atoms with Gasteiger partial charge in [0.1, 0.15) is 0 Å². The maximum absolute atomic E-state index is 9.26. The van der Waals surface area contributed by atoms with E-state index in [0.717, 1.165) is 0 Å². The monoisotopic (exact) mass is 262 g/mol. The third-order valence-corrected chi connectivity index (χ3v) is 2.91. The van der Waals surface area contributed by atoms with Crippen molar-refractivity contribution in [1.82, 2.24) is 24.7 Å². The van der Waals surface area contributed by atoms with E-state index in [1.807, 2.05) is 0 Å². The van der Waals surface area contributed by atoms with Gasteiger partial charge in [-0.15, -0.1) is 0 Å². The Morgan fingerprint density at radius 3 is 2.68 bits per heavy atom. The summed E-state index contributed by atoms with van der Waals surface area (Å²) >= 11 is 0. The molecular weight excluding hydrogens is 248 g/mol. The van der Waals surface area contributed by atoms with Gasteiger partial charge in [-0.1, -0.05) is 0 Å². The number of aromatic nitrogens is 5. The van der Waals surface area contributed by atoms with Gasteiger partial charge >= 0.3 is 0 Å². The summed E-state index contributed by atoms with van der Waals surface area (Å²) in [5, 5.41) is 16.4. The number of aliphatic hydroxyl groups is 1. The van der Waals surface area contributed by atoms with E-state index in [4.69, 9.17) is 5.84 Å². The molecule has 0 amide bonds. The first-order valence-electron chi connectivity index (χ1n) is 5.92. The van der Waals surface area contributed by atoms with Crippen molar-refractivity contribution >= 4 is 11.9 Å². The van der Waals surface area contributed by atoms with Gasteiger partial charge in [0.2, 0.25) is 11.9 Å². The number of aliphatic hydroxyl groups excluding tert-OH is 1. The highest BCUT2D eigenvalue weighted by atomic mass is 16.3. The molecule has 1 saturated carbocycles. The molecule has 2 aromatic rings. The van der Waals surface area contributed by atoms with Crippen molar-refractivity contribution in [2.24, 2.45) is 5.84 Å². The summed E-state index contributed by atoms with van der Waals surface area (Å²) in [5.41, 5.74) is 2.40. The second-order valence-electron chi connectivity index (χ2n) is 4.34. The summed E-state index contributed by atoms with van der Waals surface area (Å²) in [6.45, 7) is 0. The molecule has 0 bridgehead atoms. The van der Waals surface area contributed by atoms with Crippen LogP contribution in [0.4, 0.5) is 11.9 Å². The zero-order valence-corrected chi connectivity index (χ0v) is 10.1. The van der Waals surface area contributed by atoms with Crippen molar-refractivity contribution in [2.45, 2.75) is 25.0 Å². The first kappa shape index (κ1) is 11.8. The van der Waals surface area contributed by atoms with Gasteiger partial charge in [-0.3, -0.25) is 5.43 Å². The summed E-state index contributed by atoms with van der Waals surface area (Å²) < 4.78 is 1.52. The van der Waals surface area contributed by atoms with Crippen LogP contribution in [0.2, 0.25) is 0 Å². The molecule has 5 N–H and O–H groups in total. The van der Waals surface area contributed by atoms with Gasteiger partial charge in [0.25, 0.3) is 5.95 Å². The lowest BCUT2D eigenvalue weighted by molar-refractivity contribution is 0.0834. The Kier molecular flexibility index (Phi) is 2.97. The number of nitrogens with two attached hydrogens (primary N) is 1. The van der Waals surface area contributed by atoms with E-state index < -0.39 is 0 Å². The molecule has 0 radical (unpaired) electrons. The lowest BCUT2D eigenvalue weighted by Gasteiger charge is -2.31. The molecule has 9 heteroatoms. The molecule has 0 aromatic carbocycles. The topological polar surface area (TPSA) is 127 Å². The Hall–Kier alpha value is -2.26. The first-order chi connectivity index (χ1) is 9.24. The standard InChI is InChI=1S/C10H14N8O/c11-17-9-14-8(13-6-4-7(19)5-6)15-10(16-9)18-3-1-2-12-18/h1-3,6-7,19H,4-5,11H2,(H2,13,14,15,16,17). The summed E-state index contributed by atoms with van der Waals surface area (Å²) in [7, 11) is 0. The third kappa shape index (κ3) is 2.46. The zero-order chi connectivity index (χ0) is 13.2. The number of hydrogen-bond acceptors (Lipinski definition) is 8. The maximum Gasteiger partial charge on any atom is 0.257 e. The smallest absolute Gasteiger partial charge is 0.257 e. The fraction of sp³-hybridized carbons (Fsp3) is 0.400. The number of rotatable bonds is 4. The molecule has 1 aliphatic carbocycles. The molecule has 1 aliphatic rings. The number of hydrogen-bond donors (Lipinski definition) is 4. The second kappa shape index (κ2) is 4.78. The number of hydrazine groups is 1. The largest absolute Gasteiger partial charge is 0.393 e. The van der Waals surface area contributed by atoms with E-state index in [1.54, 1.807) is 18.5 Å². The SMILES string of the molecule is NNc1nc(NC2CC(O)C2)nc(-n2cccn2)n1. The Morgan fingerprint density at radius 1 is 1.26 bits per heavy atom. The van der Waals surface area contributed by atoms with Gasteiger partial charge in [-0.05, 0) is 18.9 Å². The fourth-order valence-corrected chi connectivity index (χ4v) is 1.87. The highest BCUT2D eigenvalue weighted by Crippen LogP contribution is 2.22. The fourth-order valence-electron chi connectivity index (χ4n) is 1.87. The van der Waals surface area contributed by atoms with Crippen LogP contribution in [0.1, 0.15) is 12.8 Å². The average molecular weight is 262 g/mol. The molecule has 0 aliphatic heterocycles. The van der Waals surface area contributed by atoms with Crippen LogP contribution < -0.4 is 16.6 Å². The Labute approximate surface area is 108 Å². The molecule has 0 saturated heterocycles. The van der Waals surface area contributed by atoms with Crippen molar-refractivity contribution < 1.29 is 5.11 Å². The van der Waals surface area contributed by atoms with Crippen molar-refractivity contribution in [3.63, 3.8) is 0 Å². The summed E-state index contributed by atoms with van der Waals surface area (Å²) in [6, 6.07) is 1.95. The Morgan fingerprint density at radius 2 is 2.05 bits per heavy atom. The number of nitrogen functional groups attached to an aromatic ring is 1. The lowest BCUT2D eigenvalue weighted by atomic mass is 9.90. The molecule has 0 spiro atoms. The molecule has 100 valence electrons.